The highest BCUT2D eigenvalue weighted by molar-refractivity contribution is 6.15. The zero-order valence-electron chi connectivity index (χ0n) is 17.3. The molecule has 0 aromatic heterocycles. The molecule has 9 atom stereocenters. The Balaban J connectivity index is 1.69. The number of aliphatic hydroxyl groups is 2. The number of aliphatic hydroxyl groups excluding tert-OH is 2. The van der Waals surface area contributed by atoms with E-state index in [-0.39, 0.29) is 24.9 Å². The summed E-state index contributed by atoms with van der Waals surface area (Å²) in [6.07, 6.45) is -0.687. The van der Waals surface area contributed by atoms with Gasteiger partial charge in [0.25, 0.3) is 0 Å². The van der Waals surface area contributed by atoms with Crippen LogP contribution in [0.3, 0.4) is 0 Å². The Hall–Kier alpha value is -1.77. The zero-order chi connectivity index (χ0) is 21.6. The van der Waals surface area contributed by atoms with E-state index in [9.17, 15) is 24.6 Å². The first-order valence-corrected chi connectivity index (χ1v) is 10.6. The number of esters is 2. The lowest BCUT2D eigenvalue weighted by Crippen LogP contribution is -2.76. The Labute approximate surface area is 174 Å². The van der Waals surface area contributed by atoms with Crippen LogP contribution < -0.4 is 0 Å². The van der Waals surface area contributed by atoms with Crippen LogP contribution in [0.2, 0.25) is 0 Å². The molecule has 3 aliphatic carbocycles. The Kier molecular flexibility index (Phi) is 4.13. The lowest BCUT2D eigenvalue weighted by molar-refractivity contribution is -0.362. The van der Waals surface area contributed by atoms with Crippen LogP contribution in [0, 0.1) is 34.0 Å². The standard InChI is InChI=1S/C22H28O8/c1-10-12-6-13-15-21(7-12,17(10)25)19(27)30-14-4-5-20(3,9-28-11(2)24)16(18(26)29-13)22(14,15)8-23/h12-16,18,23,26H,1,4-9H2,2-3H3/t12-,13+,14+,15+,16+,18-,20-,21-,22-/m0/s1. The SMILES string of the molecule is C=C1C(=O)[C@@]23C[C@@H]1C[C@H]1O[C@H](O)[C@@H]4[C@](C)(COC(C)=O)CC[C@@H](OC2=O)[C@@]4(CO)[C@H]13. The molecule has 5 rings (SSSR count). The first kappa shape index (κ1) is 20.2. The van der Waals surface area contributed by atoms with Gasteiger partial charge in [-0.05, 0) is 37.2 Å². The van der Waals surface area contributed by atoms with Gasteiger partial charge >= 0.3 is 11.9 Å². The van der Waals surface area contributed by atoms with Crippen LogP contribution in [0.5, 0.6) is 0 Å². The Morgan fingerprint density at radius 1 is 1.33 bits per heavy atom. The Bertz CT molecular complexity index is 852. The van der Waals surface area contributed by atoms with Crippen LogP contribution in [0.1, 0.15) is 39.5 Å². The van der Waals surface area contributed by atoms with E-state index in [0.717, 1.165) is 0 Å². The fourth-order valence-electron chi connectivity index (χ4n) is 7.67. The summed E-state index contributed by atoms with van der Waals surface area (Å²) < 4.78 is 17.3. The van der Waals surface area contributed by atoms with Gasteiger partial charge < -0.3 is 24.4 Å². The molecular weight excluding hydrogens is 392 g/mol. The monoisotopic (exact) mass is 420 g/mol. The second-order valence-corrected chi connectivity index (χ2v) is 10.1. The van der Waals surface area contributed by atoms with Gasteiger partial charge in [-0.15, -0.1) is 0 Å². The van der Waals surface area contributed by atoms with Crippen LogP contribution in [-0.4, -0.2) is 59.6 Å². The number of Topliss-reactive ketones (excluding diaryl/α,β-unsaturated/α-hetero) is 1. The van der Waals surface area contributed by atoms with Gasteiger partial charge in [0.2, 0.25) is 0 Å². The third-order valence-corrected chi connectivity index (χ3v) is 8.76. The molecule has 5 fully saturated rings. The van der Waals surface area contributed by atoms with Gasteiger partial charge in [0, 0.05) is 29.6 Å². The molecule has 2 heterocycles. The molecule has 2 saturated heterocycles. The van der Waals surface area contributed by atoms with E-state index in [0.29, 0.717) is 31.3 Å². The maximum Gasteiger partial charge on any atom is 0.320 e. The van der Waals surface area contributed by atoms with Gasteiger partial charge in [0.1, 0.15) is 11.5 Å². The minimum atomic E-state index is -1.43. The first-order chi connectivity index (χ1) is 14.1. The highest BCUT2D eigenvalue weighted by Crippen LogP contribution is 2.71. The van der Waals surface area contributed by atoms with Crippen molar-refractivity contribution in [1.29, 1.82) is 0 Å². The number of ketones is 1. The molecule has 2 bridgehead atoms. The summed E-state index contributed by atoms with van der Waals surface area (Å²) in [6.45, 7) is 6.83. The highest BCUT2D eigenvalue weighted by atomic mass is 16.6. The number of ether oxygens (including phenoxy) is 3. The van der Waals surface area contributed by atoms with Gasteiger partial charge in [-0.1, -0.05) is 13.5 Å². The Morgan fingerprint density at radius 3 is 2.73 bits per heavy atom. The second-order valence-electron chi connectivity index (χ2n) is 10.1. The molecule has 2 aliphatic heterocycles. The highest BCUT2D eigenvalue weighted by Gasteiger charge is 2.80. The molecule has 3 saturated carbocycles. The van der Waals surface area contributed by atoms with Crippen molar-refractivity contribution >= 4 is 17.7 Å². The summed E-state index contributed by atoms with van der Waals surface area (Å²) >= 11 is 0. The number of hydrogen-bond donors (Lipinski definition) is 2. The average Bonchev–Trinajstić information content (AvgIpc) is 2.89. The van der Waals surface area contributed by atoms with E-state index >= 15 is 0 Å². The zero-order valence-corrected chi connectivity index (χ0v) is 17.3. The van der Waals surface area contributed by atoms with Crippen LogP contribution in [0.15, 0.2) is 12.2 Å². The van der Waals surface area contributed by atoms with Gasteiger partial charge in [-0.25, -0.2) is 0 Å². The summed E-state index contributed by atoms with van der Waals surface area (Å²) in [4.78, 5) is 38.1. The molecular formula is C22H28O8. The smallest absolute Gasteiger partial charge is 0.320 e. The average molecular weight is 420 g/mol. The van der Waals surface area contributed by atoms with E-state index in [1.165, 1.54) is 6.92 Å². The number of hydrogen-bond acceptors (Lipinski definition) is 8. The summed E-state index contributed by atoms with van der Waals surface area (Å²) in [5.41, 5.74) is -2.80. The van der Waals surface area contributed by atoms with E-state index in [1.54, 1.807) is 0 Å². The predicted octanol–water partition coefficient (Wildman–Crippen LogP) is 0.739. The minimum Gasteiger partial charge on any atom is -0.465 e. The number of carbonyl (C=O) groups excluding carboxylic acids is 3. The van der Waals surface area contributed by atoms with Crippen molar-refractivity contribution in [3.05, 3.63) is 12.2 Å². The number of fused-ring (bicyclic) bond motifs is 1. The molecule has 5 aliphatic rings. The van der Waals surface area contributed by atoms with Crippen LogP contribution in [0.4, 0.5) is 0 Å². The van der Waals surface area contributed by atoms with Crippen molar-refractivity contribution in [2.45, 2.75) is 58.0 Å². The van der Waals surface area contributed by atoms with Crippen molar-refractivity contribution in [3.8, 4) is 0 Å². The summed E-state index contributed by atoms with van der Waals surface area (Å²) in [5.74, 6) is -2.79. The summed E-state index contributed by atoms with van der Waals surface area (Å²) in [6, 6.07) is 0. The molecule has 0 aromatic carbocycles. The number of rotatable bonds is 3. The largest absolute Gasteiger partial charge is 0.465 e. The molecule has 8 heteroatoms. The van der Waals surface area contributed by atoms with Gasteiger partial charge in [0.05, 0.1) is 19.3 Å². The van der Waals surface area contributed by atoms with Crippen molar-refractivity contribution in [3.63, 3.8) is 0 Å². The molecule has 30 heavy (non-hydrogen) atoms. The van der Waals surface area contributed by atoms with Gasteiger partial charge in [-0.3, -0.25) is 14.4 Å². The quantitative estimate of drug-likeness (QED) is 0.390. The lowest BCUT2D eigenvalue weighted by Gasteiger charge is -2.68. The van der Waals surface area contributed by atoms with E-state index in [1.807, 2.05) is 6.92 Å². The number of allylic oxidation sites excluding steroid dienone is 1. The predicted molar refractivity (Wildman–Crippen MR) is 101 cm³/mol. The minimum absolute atomic E-state index is 0.0451. The molecule has 0 amide bonds. The molecule has 1 spiro atoms. The van der Waals surface area contributed by atoms with Gasteiger partial charge in [-0.2, -0.15) is 0 Å². The lowest BCUT2D eigenvalue weighted by atomic mass is 9.41. The maximum absolute atomic E-state index is 13.4. The second kappa shape index (κ2) is 6.14. The van der Waals surface area contributed by atoms with E-state index in [4.69, 9.17) is 14.2 Å². The van der Waals surface area contributed by atoms with Crippen molar-refractivity contribution in [2.24, 2.45) is 34.0 Å². The summed E-state index contributed by atoms with van der Waals surface area (Å²) in [7, 11) is 0. The topological polar surface area (TPSA) is 119 Å². The van der Waals surface area contributed by atoms with E-state index in [2.05, 4.69) is 6.58 Å². The molecule has 0 aromatic rings. The third kappa shape index (κ3) is 2.14. The third-order valence-electron chi connectivity index (χ3n) is 8.76. The maximum atomic E-state index is 13.4. The van der Waals surface area contributed by atoms with Crippen LogP contribution in [0.25, 0.3) is 0 Å². The molecule has 8 nitrogen and oxygen atoms in total. The van der Waals surface area contributed by atoms with Crippen molar-refractivity contribution in [2.75, 3.05) is 13.2 Å². The van der Waals surface area contributed by atoms with Gasteiger partial charge in [0.15, 0.2) is 12.1 Å². The summed E-state index contributed by atoms with van der Waals surface area (Å²) in [5, 5.41) is 22.0. The number of carbonyl (C=O) groups is 3. The van der Waals surface area contributed by atoms with Crippen molar-refractivity contribution < 1.29 is 38.8 Å². The van der Waals surface area contributed by atoms with Crippen molar-refractivity contribution in [1.82, 2.24) is 0 Å². The molecule has 0 radical (unpaired) electrons. The Morgan fingerprint density at radius 2 is 2.07 bits per heavy atom. The molecule has 0 unspecified atom stereocenters. The van der Waals surface area contributed by atoms with Crippen LogP contribution in [-0.2, 0) is 28.6 Å². The van der Waals surface area contributed by atoms with E-state index < -0.39 is 58.5 Å². The van der Waals surface area contributed by atoms with Crippen LogP contribution >= 0.6 is 0 Å². The molecule has 2 N–H and O–H groups in total. The fourth-order valence-corrected chi connectivity index (χ4v) is 7.67. The normalized spacial score (nSPS) is 51.3. The molecule has 164 valence electrons. The fraction of sp³-hybridized carbons (Fsp3) is 0.773. The first-order valence-electron chi connectivity index (χ1n) is 10.6.